The number of fused-ring (bicyclic) bond motifs is 1. The Morgan fingerprint density at radius 2 is 2.05 bits per heavy atom. The molecule has 0 unspecified atom stereocenters. The van der Waals surface area contributed by atoms with E-state index in [0.717, 1.165) is 36.2 Å². The largest absolute Gasteiger partial charge is 0.368 e. The molecule has 0 saturated heterocycles. The summed E-state index contributed by atoms with van der Waals surface area (Å²) in [6.07, 6.45) is 2.62. The van der Waals surface area contributed by atoms with Crippen LogP contribution in [0.1, 0.15) is 25.0 Å². The molecule has 110 valence electrons. The third-order valence-electron chi connectivity index (χ3n) is 3.59. The molecule has 0 aliphatic carbocycles. The fourth-order valence-electron chi connectivity index (χ4n) is 2.61. The first-order valence-corrected chi connectivity index (χ1v) is 7.60. The smallest absolute Gasteiger partial charge is 0.134 e. The van der Waals surface area contributed by atoms with Crippen LogP contribution in [-0.2, 0) is 13.0 Å². The molecule has 1 aliphatic rings. The lowest BCUT2D eigenvalue weighted by molar-refractivity contribution is 0.719. The Hall–Kier alpha value is -1.81. The summed E-state index contributed by atoms with van der Waals surface area (Å²) in [4.78, 5) is 11.0. The van der Waals surface area contributed by atoms with E-state index in [1.165, 1.54) is 11.1 Å². The van der Waals surface area contributed by atoms with Crippen LogP contribution in [0.3, 0.4) is 0 Å². The first-order chi connectivity index (χ1) is 10.1. The summed E-state index contributed by atoms with van der Waals surface area (Å²) in [6.45, 7) is 6.02. The van der Waals surface area contributed by atoms with Crippen LogP contribution in [0, 0.1) is 0 Å². The highest BCUT2D eigenvalue weighted by Crippen LogP contribution is 2.26. The average Bonchev–Trinajstić information content (AvgIpc) is 2.46. The van der Waals surface area contributed by atoms with E-state index in [1.54, 1.807) is 6.33 Å². The van der Waals surface area contributed by atoms with Gasteiger partial charge in [0.1, 0.15) is 18.0 Å². The molecule has 1 aliphatic heterocycles. The summed E-state index contributed by atoms with van der Waals surface area (Å²) in [7, 11) is 0. The van der Waals surface area contributed by atoms with Crippen molar-refractivity contribution in [2.75, 3.05) is 16.8 Å². The van der Waals surface area contributed by atoms with Gasteiger partial charge in [-0.1, -0.05) is 17.7 Å². The minimum atomic E-state index is 0.358. The van der Waals surface area contributed by atoms with E-state index in [9.17, 15) is 0 Å². The highest BCUT2D eigenvalue weighted by Gasteiger charge is 2.18. The highest BCUT2D eigenvalue weighted by molar-refractivity contribution is 6.30. The van der Waals surface area contributed by atoms with E-state index >= 15 is 0 Å². The normalized spacial score (nSPS) is 14.2. The summed E-state index contributed by atoms with van der Waals surface area (Å²) < 4.78 is 0. The van der Waals surface area contributed by atoms with E-state index in [1.807, 2.05) is 12.1 Å². The second kappa shape index (κ2) is 5.90. The summed E-state index contributed by atoms with van der Waals surface area (Å²) in [5.74, 6) is 1.84. The van der Waals surface area contributed by atoms with Crippen molar-refractivity contribution in [3.63, 3.8) is 0 Å². The minimum absolute atomic E-state index is 0.358. The zero-order valence-electron chi connectivity index (χ0n) is 12.3. The molecule has 4 nitrogen and oxygen atoms in total. The average molecular weight is 303 g/mol. The molecule has 0 saturated carbocycles. The van der Waals surface area contributed by atoms with Gasteiger partial charge >= 0.3 is 0 Å². The van der Waals surface area contributed by atoms with Gasteiger partial charge in [0.2, 0.25) is 0 Å². The van der Waals surface area contributed by atoms with Crippen molar-refractivity contribution in [2.24, 2.45) is 0 Å². The molecule has 2 heterocycles. The Kier molecular flexibility index (Phi) is 3.97. The van der Waals surface area contributed by atoms with Gasteiger partial charge in [0.25, 0.3) is 0 Å². The van der Waals surface area contributed by atoms with Crippen LogP contribution in [0.25, 0.3) is 0 Å². The lowest BCUT2D eigenvalue weighted by atomic mass is 10.00. The first-order valence-electron chi connectivity index (χ1n) is 7.22. The quantitative estimate of drug-likeness (QED) is 0.942. The van der Waals surface area contributed by atoms with Crippen LogP contribution >= 0.6 is 11.6 Å². The van der Waals surface area contributed by atoms with Crippen molar-refractivity contribution >= 4 is 23.2 Å². The highest BCUT2D eigenvalue weighted by atomic mass is 35.5. The Morgan fingerprint density at radius 3 is 2.86 bits per heavy atom. The van der Waals surface area contributed by atoms with Crippen molar-refractivity contribution in [3.8, 4) is 0 Å². The van der Waals surface area contributed by atoms with Crippen molar-refractivity contribution in [3.05, 3.63) is 46.7 Å². The van der Waals surface area contributed by atoms with Gasteiger partial charge in [-0.2, -0.15) is 0 Å². The van der Waals surface area contributed by atoms with E-state index < -0.39 is 0 Å². The number of anilines is 2. The van der Waals surface area contributed by atoms with Gasteiger partial charge in [0.15, 0.2) is 0 Å². The van der Waals surface area contributed by atoms with Crippen LogP contribution in [0.15, 0.2) is 30.6 Å². The maximum Gasteiger partial charge on any atom is 0.134 e. The molecule has 1 aromatic carbocycles. The van der Waals surface area contributed by atoms with Crippen LogP contribution < -0.4 is 10.2 Å². The van der Waals surface area contributed by atoms with Crippen molar-refractivity contribution in [1.29, 1.82) is 0 Å². The summed E-state index contributed by atoms with van der Waals surface area (Å²) >= 11 is 6.06. The van der Waals surface area contributed by atoms with Crippen molar-refractivity contribution in [1.82, 2.24) is 9.97 Å². The third kappa shape index (κ3) is 3.27. The SMILES string of the molecule is CC(C)Nc1cc(N2CCc3cc(Cl)ccc3C2)ncn1. The molecule has 0 atom stereocenters. The minimum Gasteiger partial charge on any atom is -0.368 e. The lowest BCUT2D eigenvalue weighted by Gasteiger charge is -2.30. The van der Waals surface area contributed by atoms with Crippen LogP contribution in [0.5, 0.6) is 0 Å². The Bertz CT molecular complexity index is 642. The molecule has 2 aromatic rings. The predicted octanol–water partition coefficient (Wildman–Crippen LogP) is 3.51. The molecule has 0 fully saturated rings. The van der Waals surface area contributed by atoms with Crippen molar-refractivity contribution in [2.45, 2.75) is 32.9 Å². The van der Waals surface area contributed by atoms with Gasteiger partial charge in [-0.3, -0.25) is 0 Å². The number of hydrogen-bond acceptors (Lipinski definition) is 4. The van der Waals surface area contributed by atoms with Gasteiger partial charge < -0.3 is 10.2 Å². The number of benzene rings is 1. The van der Waals surface area contributed by atoms with E-state index in [4.69, 9.17) is 11.6 Å². The standard InChI is InChI=1S/C16H19ClN4/c1-11(2)20-15-8-16(19-10-18-15)21-6-5-12-7-14(17)4-3-13(12)9-21/h3-4,7-8,10-11H,5-6,9H2,1-2H3,(H,18,19,20). The molecule has 1 aromatic heterocycles. The molecule has 0 amide bonds. The number of rotatable bonds is 3. The number of aromatic nitrogens is 2. The van der Waals surface area contributed by atoms with E-state index in [2.05, 4.69) is 46.2 Å². The van der Waals surface area contributed by atoms with Crippen LogP contribution in [-0.4, -0.2) is 22.6 Å². The zero-order valence-corrected chi connectivity index (χ0v) is 13.1. The van der Waals surface area contributed by atoms with Gasteiger partial charge in [0.05, 0.1) is 0 Å². The third-order valence-corrected chi connectivity index (χ3v) is 3.83. The Labute approximate surface area is 130 Å². The van der Waals surface area contributed by atoms with Gasteiger partial charge in [-0.25, -0.2) is 9.97 Å². The molecule has 1 N–H and O–H groups in total. The summed E-state index contributed by atoms with van der Waals surface area (Å²) in [6, 6.07) is 8.51. The topological polar surface area (TPSA) is 41.0 Å². The maximum atomic E-state index is 6.06. The van der Waals surface area contributed by atoms with Crippen LogP contribution in [0.2, 0.25) is 5.02 Å². The fourth-order valence-corrected chi connectivity index (χ4v) is 2.81. The zero-order chi connectivity index (χ0) is 14.8. The number of halogens is 1. The second-order valence-corrected chi connectivity index (χ2v) is 6.08. The van der Waals surface area contributed by atoms with Gasteiger partial charge in [0, 0.05) is 30.2 Å². The van der Waals surface area contributed by atoms with Gasteiger partial charge in [-0.15, -0.1) is 0 Å². The number of nitrogens with one attached hydrogen (secondary N) is 1. The molecule has 21 heavy (non-hydrogen) atoms. The molecular weight excluding hydrogens is 284 g/mol. The number of hydrogen-bond donors (Lipinski definition) is 1. The molecule has 0 radical (unpaired) electrons. The predicted molar refractivity (Wildman–Crippen MR) is 87.0 cm³/mol. The monoisotopic (exact) mass is 302 g/mol. The maximum absolute atomic E-state index is 6.06. The molecule has 5 heteroatoms. The first kappa shape index (κ1) is 14.1. The van der Waals surface area contributed by atoms with E-state index in [-0.39, 0.29) is 0 Å². The Balaban J connectivity index is 1.81. The van der Waals surface area contributed by atoms with Gasteiger partial charge in [-0.05, 0) is 43.5 Å². The van der Waals surface area contributed by atoms with Crippen molar-refractivity contribution < 1.29 is 0 Å². The second-order valence-electron chi connectivity index (χ2n) is 5.65. The molecule has 3 rings (SSSR count). The van der Waals surface area contributed by atoms with E-state index in [0.29, 0.717) is 6.04 Å². The lowest BCUT2D eigenvalue weighted by Crippen LogP contribution is -2.31. The molecular formula is C16H19ClN4. The molecule has 0 spiro atoms. The summed E-state index contributed by atoms with van der Waals surface area (Å²) in [5, 5.41) is 4.13. The fraction of sp³-hybridized carbons (Fsp3) is 0.375. The number of nitrogens with zero attached hydrogens (tertiary/aromatic N) is 3. The van der Waals surface area contributed by atoms with Crippen LogP contribution in [0.4, 0.5) is 11.6 Å². The molecule has 0 bridgehead atoms. The summed E-state index contributed by atoms with van der Waals surface area (Å²) in [5.41, 5.74) is 2.66. The Morgan fingerprint density at radius 1 is 1.19 bits per heavy atom.